The molecular formula is C22H32N6O3. The normalized spacial score (nSPS) is 23.6. The lowest BCUT2D eigenvalue weighted by molar-refractivity contribution is -0.0724. The lowest BCUT2D eigenvalue weighted by atomic mass is 9.99. The monoisotopic (exact) mass is 428 g/mol. The van der Waals surface area contributed by atoms with Crippen molar-refractivity contribution in [3.63, 3.8) is 0 Å². The zero-order chi connectivity index (χ0) is 22.0. The number of rotatable bonds is 4. The first-order valence-electron chi connectivity index (χ1n) is 10.9. The van der Waals surface area contributed by atoms with E-state index in [2.05, 4.69) is 21.9 Å². The maximum Gasteiger partial charge on any atom is 0.263 e. The number of hydrogen-bond donors (Lipinski definition) is 0. The second kappa shape index (κ2) is 9.33. The Balaban J connectivity index is 1.63. The largest absolute Gasteiger partial charge is 0.373 e. The second-order valence-electron chi connectivity index (χ2n) is 8.60. The molecule has 4 rings (SSSR count). The van der Waals surface area contributed by atoms with Crippen LogP contribution >= 0.6 is 0 Å². The summed E-state index contributed by atoms with van der Waals surface area (Å²) in [6, 6.07) is 3.06. The predicted molar refractivity (Wildman–Crippen MR) is 117 cm³/mol. The fraction of sp³-hybridized carbons (Fsp3) is 0.591. The standard InChI is InChI=1S/C22H32N6O3/c1-24-7-5-9-27(11-10-24)16-19-20(17-14-23-26(3)15-17)28(12-13-31-19)22(30)18-6-4-8-25(2)21(18)29/h4,6,8,14-15,19-20H,5,7,9-13,16H2,1-3H3/t19-,20-/m0/s1. The third-order valence-corrected chi connectivity index (χ3v) is 6.28. The summed E-state index contributed by atoms with van der Waals surface area (Å²) < 4.78 is 9.41. The van der Waals surface area contributed by atoms with Crippen LogP contribution in [-0.4, -0.2) is 94.0 Å². The van der Waals surface area contributed by atoms with Gasteiger partial charge in [-0.2, -0.15) is 5.10 Å². The molecule has 31 heavy (non-hydrogen) atoms. The Morgan fingerprint density at radius 2 is 2.00 bits per heavy atom. The molecule has 2 aliphatic rings. The molecule has 4 heterocycles. The van der Waals surface area contributed by atoms with Crippen molar-refractivity contribution in [2.45, 2.75) is 18.6 Å². The average Bonchev–Trinajstić information content (AvgIpc) is 3.08. The molecule has 9 nitrogen and oxygen atoms in total. The minimum Gasteiger partial charge on any atom is -0.373 e. The summed E-state index contributed by atoms with van der Waals surface area (Å²) >= 11 is 0. The van der Waals surface area contributed by atoms with Gasteiger partial charge in [0.05, 0.1) is 24.9 Å². The number of likely N-dealkylation sites (N-methyl/N-ethyl adjacent to an activating group) is 1. The Kier molecular flexibility index (Phi) is 6.54. The maximum atomic E-state index is 13.5. The number of amides is 1. The molecule has 1 amide bonds. The zero-order valence-electron chi connectivity index (χ0n) is 18.6. The molecule has 0 bridgehead atoms. The van der Waals surface area contributed by atoms with E-state index in [9.17, 15) is 9.59 Å². The van der Waals surface area contributed by atoms with Crippen LogP contribution < -0.4 is 5.56 Å². The van der Waals surface area contributed by atoms with Crippen LogP contribution in [0.1, 0.15) is 28.4 Å². The molecule has 2 aromatic heterocycles. The number of carbonyl (C=O) groups excluding carboxylic acids is 1. The van der Waals surface area contributed by atoms with Crippen LogP contribution in [0.25, 0.3) is 0 Å². The minimum absolute atomic E-state index is 0.183. The molecule has 2 fully saturated rings. The van der Waals surface area contributed by atoms with Gasteiger partial charge < -0.3 is 19.1 Å². The van der Waals surface area contributed by atoms with Crippen LogP contribution in [-0.2, 0) is 18.8 Å². The van der Waals surface area contributed by atoms with Gasteiger partial charge in [-0.3, -0.25) is 19.2 Å². The molecule has 0 N–H and O–H groups in total. The van der Waals surface area contributed by atoms with Crippen LogP contribution in [0.4, 0.5) is 0 Å². The number of hydrogen-bond acceptors (Lipinski definition) is 6. The van der Waals surface area contributed by atoms with Crippen molar-refractivity contribution in [2.75, 3.05) is 52.9 Å². The van der Waals surface area contributed by atoms with Crippen molar-refractivity contribution in [1.29, 1.82) is 0 Å². The lowest BCUT2D eigenvalue weighted by Gasteiger charge is -2.42. The molecule has 2 aromatic rings. The predicted octanol–water partition coefficient (Wildman–Crippen LogP) is 0.339. The number of carbonyl (C=O) groups is 1. The molecule has 168 valence electrons. The summed E-state index contributed by atoms with van der Waals surface area (Å²) in [5.41, 5.74) is 0.840. The summed E-state index contributed by atoms with van der Waals surface area (Å²) in [6.45, 7) is 5.73. The van der Waals surface area contributed by atoms with E-state index in [4.69, 9.17) is 4.74 Å². The smallest absolute Gasteiger partial charge is 0.263 e. The van der Waals surface area contributed by atoms with Gasteiger partial charge in [-0.15, -0.1) is 0 Å². The molecule has 0 radical (unpaired) electrons. The summed E-state index contributed by atoms with van der Waals surface area (Å²) in [4.78, 5) is 32.7. The van der Waals surface area contributed by atoms with E-state index >= 15 is 0 Å². The van der Waals surface area contributed by atoms with Gasteiger partial charge >= 0.3 is 0 Å². The molecule has 9 heteroatoms. The van der Waals surface area contributed by atoms with Crippen molar-refractivity contribution in [3.8, 4) is 0 Å². The van der Waals surface area contributed by atoms with E-state index < -0.39 is 0 Å². The quantitative estimate of drug-likeness (QED) is 0.699. The Morgan fingerprint density at radius 3 is 2.77 bits per heavy atom. The Labute approximate surface area is 182 Å². The van der Waals surface area contributed by atoms with Crippen LogP contribution in [0, 0.1) is 0 Å². The van der Waals surface area contributed by atoms with Gasteiger partial charge in [0.1, 0.15) is 5.56 Å². The van der Waals surface area contributed by atoms with Gasteiger partial charge in [0.2, 0.25) is 0 Å². The van der Waals surface area contributed by atoms with Crippen molar-refractivity contribution in [3.05, 3.63) is 52.2 Å². The van der Waals surface area contributed by atoms with Crippen molar-refractivity contribution < 1.29 is 9.53 Å². The fourth-order valence-corrected chi connectivity index (χ4v) is 4.55. The summed E-state index contributed by atoms with van der Waals surface area (Å²) in [7, 11) is 5.68. The highest BCUT2D eigenvalue weighted by Crippen LogP contribution is 2.31. The van der Waals surface area contributed by atoms with Gasteiger partial charge in [-0.05, 0) is 38.7 Å². The van der Waals surface area contributed by atoms with Gasteiger partial charge in [0.15, 0.2) is 0 Å². The average molecular weight is 429 g/mol. The highest BCUT2D eigenvalue weighted by atomic mass is 16.5. The van der Waals surface area contributed by atoms with Crippen molar-refractivity contribution in [2.24, 2.45) is 14.1 Å². The minimum atomic E-state index is -0.291. The number of aryl methyl sites for hydroxylation is 2. The molecule has 0 spiro atoms. The fourth-order valence-electron chi connectivity index (χ4n) is 4.55. The molecule has 0 aromatic carbocycles. The van der Waals surface area contributed by atoms with Gasteiger partial charge in [0.25, 0.3) is 11.5 Å². The SMILES string of the molecule is CN1CCCN(C[C@@H]2OCCN(C(=O)c3cccn(C)c3=O)[C@H]2c2cnn(C)c2)CC1. The molecule has 0 unspecified atom stereocenters. The Bertz CT molecular complexity index is 970. The highest BCUT2D eigenvalue weighted by Gasteiger charge is 2.39. The molecule has 0 saturated carbocycles. The summed E-state index contributed by atoms with van der Waals surface area (Å²) in [6.07, 6.45) is 6.33. The summed E-state index contributed by atoms with van der Waals surface area (Å²) in [5.74, 6) is -0.251. The van der Waals surface area contributed by atoms with E-state index in [1.807, 2.05) is 13.2 Å². The summed E-state index contributed by atoms with van der Waals surface area (Å²) in [5, 5.41) is 4.33. The maximum absolute atomic E-state index is 13.5. The second-order valence-corrected chi connectivity index (χ2v) is 8.60. The third kappa shape index (κ3) is 4.73. The van der Waals surface area contributed by atoms with Gasteiger partial charge in [-0.1, -0.05) is 0 Å². The number of nitrogens with zero attached hydrogens (tertiary/aromatic N) is 6. The van der Waals surface area contributed by atoms with Crippen molar-refractivity contribution in [1.82, 2.24) is 29.0 Å². The highest BCUT2D eigenvalue weighted by molar-refractivity contribution is 5.94. The molecule has 2 saturated heterocycles. The van der Waals surface area contributed by atoms with E-state index in [-0.39, 0.29) is 29.2 Å². The first kappa shape index (κ1) is 21.7. The van der Waals surface area contributed by atoms with Crippen molar-refractivity contribution >= 4 is 5.91 Å². The topological polar surface area (TPSA) is 75.8 Å². The number of morpholine rings is 1. The first-order chi connectivity index (χ1) is 14.9. The zero-order valence-corrected chi connectivity index (χ0v) is 18.6. The van der Waals surface area contributed by atoms with Gasteiger partial charge in [-0.25, -0.2) is 0 Å². The molecule has 2 atom stereocenters. The van der Waals surface area contributed by atoms with E-state index in [0.29, 0.717) is 13.2 Å². The Hall–Kier alpha value is -2.49. The van der Waals surface area contributed by atoms with Crippen LogP contribution in [0.3, 0.4) is 0 Å². The number of aromatic nitrogens is 3. The molecule has 0 aliphatic carbocycles. The van der Waals surface area contributed by atoms with E-state index in [1.54, 1.807) is 41.2 Å². The third-order valence-electron chi connectivity index (χ3n) is 6.28. The first-order valence-corrected chi connectivity index (χ1v) is 10.9. The molecular weight excluding hydrogens is 396 g/mol. The number of pyridine rings is 1. The molecule has 2 aliphatic heterocycles. The van der Waals surface area contributed by atoms with Gasteiger partial charge in [0, 0.05) is 58.2 Å². The van der Waals surface area contributed by atoms with E-state index in [1.165, 1.54) is 4.57 Å². The number of ether oxygens (including phenoxy) is 1. The van der Waals surface area contributed by atoms with E-state index in [0.717, 1.165) is 44.7 Å². The van der Waals surface area contributed by atoms with Crippen LogP contribution in [0.5, 0.6) is 0 Å². The van der Waals surface area contributed by atoms with Crippen LogP contribution in [0.15, 0.2) is 35.5 Å². The van der Waals surface area contributed by atoms with Crippen LogP contribution in [0.2, 0.25) is 0 Å². The lowest BCUT2D eigenvalue weighted by Crippen LogP contribution is -2.52. The Morgan fingerprint density at radius 1 is 1.16 bits per heavy atom.